The van der Waals surface area contributed by atoms with Crippen molar-refractivity contribution in [2.75, 3.05) is 6.61 Å². The monoisotopic (exact) mass is 234 g/mol. The number of hydrogen-bond acceptors (Lipinski definition) is 2. The highest BCUT2D eigenvalue weighted by Crippen LogP contribution is 2.71. The minimum absolute atomic E-state index is 0.0807. The molecule has 2 bridgehead atoms. The first-order chi connectivity index (χ1) is 8.02. The number of allylic oxidation sites excluding steroid dienone is 1. The fourth-order valence-corrected chi connectivity index (χ4v) is 4.83. The molecule has 4 rings (SSSR count). The first-order valence-corrected chi connectivity index (χ1v) is 6.99. The van der Waals surface area contributed by atoms with Gasteiger partial charge in [0.1, 0.15) is 5.60 Å². The Bertz CT molecular complexity index is 409. The molecule has 2 heterocycles. The van der Waals surface area contributed by atoms with Crippen LogP contribution in [0.5, 0.6) is 0 Å². The number of epoxide rings is 1. The van der Waals surface area contributed by atoms with Gasteiger partial charge < -0.3 is 9.47 Å². The van der Waals surface area contributed by atoms with Crippen molar-refractivity contribution in [1.82, 2.24) is 0 Å². The summed E-state index contributed by atoms with van der Waals surface area (Å²) in [6.07, 6.45) is 8.01. The standard InChI is InChI=1S/C15H22O2/c1-10-4-6-13(2)12(8-10)17-11-5-7-14(13,3)15(11)9-16-15/h8,11-12H,4-7,9H2,1-3H3/t11-,12-,13+,14-,15+/m1/s1. The highest BCUT2D eigenvalue weighted by Gasteiger charge is 2.77. The van der Waals surface area contributed by atoms with Crippen molar-refractivity contribution in [3.8, 4) is 0 Å². The molecule has 0 unspecified atom stereocenters. The Morgan fingerprint density at radius 3 is 2.76 bits per heavy atom. The zero-order valence-electron chi connectivity index (χ0n) is 11.1. The van der Waals surface area contributed by atoms with E-state index in [1.165, 1.54) is 31.3 Å². The lowest BCUT2D eigenvalue weighted by Gasteiger charge is -2.56. The third-order valence-electron chi connectivity index (χ3n) is 6.49. The van der Waals surface area contributed by atoms with Crippen LogP contribution >= 0.6 is 0 Å². The molecule has 2 saturated heterocycles. The van der Waals surface area contributed by atoms with Gasteiger partial charge in [0.2, 0.25) is 0 Å². The van der Waals surface area contributed by atoms with Crippen molar-refractivity contribution >= 4 is 0 Å². The molecule has 1 spiro atoms. The van der Waals surface area contributed by atoms with Gasteiger partial charge in [-0.2, -0.15) is 0 Å². The van der Waals surface area contributed by atoms with Crippen LogP contribution in [0.25, 0.3) is 0 Å². The van der Waals surface area contributed by atoms with E-state index in [0.29, 0.717) is 17.6 Å². The van der Waals surface area contributed by atoms with Gasteiger partial charge in [-0.15, -0.1) is 0 Å². The Labute approximate surface area is 103 Å². The molecule has 0 amide bonds. The van der Waals surface area contributed by atoms with Crippen molar-refractivity contribution < 1.29 is 9.47 Å². The minimum Gasteiger partial charge on any atom is -0.367 e. The zero-order chi connectivity index (χ0) is 11.9. The number of fused-ring (bicyclic) bond motifs is 2. The van der Waals surface area contributed by atoms with Crippen LogP contribution < -0.4 is 0 Å². The molecule has 4 aliphatic rings. The zero-order valence-corrected chi connectivity index (χ0v) is 11.1. The summed E-state index contributed by atoms with van der Waals surface area (Å²) in [6, 6.07) is 0. The molecule has 0 aromatic carbocycles. The van der Waals surface area contributed by atoms with Gasteiger partial charge in [0.05, 0.1) is 18.8 Å². The lowest BCUT2D eigenvalue weighted by Crippen LogP contribution is -2.61. The van der Waals surface area contributed by atoms with Gasteiger partial charge in [-0.25, -0.2) is 0 Å². The van der Waals surface area contributed by atoms with E-state index in [-0.39, 0.29) is 11.0 Å². The van der Waals surface area contributed by atoms with Crippen molar-refractivity contribution in [1.29, 1.82) is 0 Å². The maximum atomic E-state index is 6.40. The maximum absolute atomic E-state index is 6.40. The van der Waals surface area contributed by atoms with Crippen LogP contribution in [0.3, 0.4) is 0 Å². The molecule has 0 aromatic rings. The first-order valence-electron chi connectivity index (χ1n) is 6.99. The van der Waals surface area contributed by atoms with Crippen molar-refractivity contribution in [2.24, 2.45) is 10.8 Å². The molecule has 0 radical (unpaired) electrons. The SMILES string of the molecule is CC1=C[C@H]2O[C@@H]3CC[C@](C)([C@@]2(C)CC1)[C@]31CO1. The van der Waals surface area contributed by atoms with Gasteiger partial charge in [-0.3, -0.25) is 0 Å². The Morgan fingerprint density at radius 1 is 1.29 bits per heavy atom. The van der Waals surface area contributed by atoms with Crippen molar-refractivity contribution in [2.45, 2.75) is 64.3 Å². The number of ether oxygens (including phenoxy) is 2. The fraction of sp³-hybridized carbons (Fsp3) is 0.867. The quantitative estimate of drug-likeness (QED) is 0.474. The maximum Gasteiger partial charge on any atom is 0.124 e. The summed E-state index contributed by atoms with van der Waals surface area (Å²) in [5.41, 5.74) is 2.18. The molecule has 2 aliphatic carbocycles. The van der Waals surface area contributed by atoms with Crippen LogP contribution in [-0.4, -0.2) is 24.4 Å². The molecule has 2 nitrogen and oxygen atoms in total. The van der Waals surface area contributed by atoms with E-state index in [1.807, 2.05) is 0 Å². The Morgan fingerprint density at radius 2 is 2.06 bits per heavy atom. The Kier molecular flexibility index (Phi) is 1.74. The lowest BCUT2D eigenvalue weighted by atomic mass is 9.53. The second kappa shape index (κ2) is 2.80. The third-order valence-corrected chi connectivity index (χ3v) is 6.49. The molecule has 2 heteroatoms. The summed E-state index contributed by atoms with van der Waals surface area (Å²) in [6.45, 7) is 8.07. The third kappa shape index (κ3) is 0.978. The summed E-state index contributed by atoms with van der Waals surface area (Å²) in [4.78, 5) is 0. The highest BCUT2D eigenvalue weighted by atomic mass is 16.6. The van der Waals surface area contributed by atoms with E-state index in [1.54, 1.807) is 0 Å². The molecular weight excluding hydrogens is 212 g/mol. The molecule has 94 valence electrons. The molecular formula is C15H22O2. The largest absolute Gasteiger partial charge is 0.367 e. The molecule has 3 fully saturated rings. The summed E-state index contributed by atoms with van der Waals surface area (Å²) < 4.78 is 12.3. The van der Waals surface area contributed by atoms with Crippen LogP contribution in [0.4, 0.5) is 0 Å². The van der Waals surface area contributed by atoms with E-state index in [2.05, 4.69) is 26.8 Å². The van der Waals surface area contributed by atoms with Gasteiger partial charge >= 0.3 is 0 Å². The Balaban J connectivity index is 1.85. The molecule has 2 aliphatic heterocycles. The van der Waals surface area contributed by atoms with Crippen molar-refractivity contribution in [3.63, 3.8) is 0 Å². The van der Waals surface area contributed by atoms with Crippen LogP contribution in [-0.2, 0) is 9.47 Å². The smallest absolute Gasteiger partial charge is 0.124 e. The summed E-state index contributed by atoms with van der Waals surface area (Å²) in [5.74, 6) is 0. The highest BCUT2D eigenvalue weighted by molar-refractivity contribution is 5.29. The average Bonchev–Trinajstić information content (AvgIpc) is 3.03. The molecule has 0 aromatic heterocycles. The van der Waals surface area contributed by atoms with Gasteiger partial charge in [0.25, 0.3) is 0 Å². The summed E-state index contributed by atoms with van der Waals surface area (Å²) >= 11 is 0. The van der Waals surface area contributed by atoms with Gasteiger partial charge in [-0.05, 0) is 32.6 Å². The summed E-state index contributed by atoms with van der Waals surface area (Å²) in [5, 5.41) is 0. The van der Waals surface area contributed by atoms with Crippen LogP contribution in [0.2, 0.25) is 0 Å². The number of hydrogen-bond donors (Lipinski definition) is 0. The normalized spacial score (nSPS) is 60.1. The van der Waals surface area contributed by atoms with E-state index < -0.39 is 0 Å². The fourth-order valence-electron chi connectivity index (χ4n) is 4.83. The molecule has 5 atom stereocenters. The van der Waals surface area contributed by atoms with E-state index >= 15 is 0 Å². The van der Waals surface area contributed by atoms with Crippen molar-refractivity contribution in [3.05, 3.63) is 11.6 Å². The van der Waals surface area contributed by atoms with Gasteiger partial charge in [0, 0.05) is 10.8 Å². The van der Waals surface area contributed by atoms with E-state index in [9.17, 15) is 0 Å². The van der Waals surface area contributed by atoms with Crippen LogP contribution in [0.15, 0.2) is 11.6 Å². The predicted octanol–water partition coefficient (Wildman–Crippen LogP) is 3.07. The topological polar surface area (TPSA) is 21.8 Å². The summed E-state index contributed by atoms with van der Waals surface area (Å²) in [7, 11) is 0. The molecule has 1 saturated carbocycles. The van der Waals surface area contributed by atoms with Gasteiger partial charge in [0.15, 0.2) is 0 Å². The Hall–Kier alpha value is -0.340. The number of rotatable bonds is 0. The lowest BCUT2D eigenvalue weighted by molar-refractivity contribution is -0.190. The van der Waals surface area contributed by atoms with Gasteiger partial charge in [-0.1, -0.05) is 25.5 Å². The average molecular weight is 234 g/mol. The first kappa shape index (κ1) is 10.6. The van der Waals surface area contributed by atoms with E-state index in [0.717, 1.165) is 6.61 Å². The predicted molar refractivity (Wildman–Crippen MR) is 65.8 cm³/mol. The van der Waals surface area contributed by atoms with Crippen LogP contribution in [0, 0.1) is 10.8 Å². The van der Waals surface area contributed by atoms with E-state index in [4.69, 9.17) is 9.47 Å². The minimum atomic E-state index is 0.0807. The molecule has 17 heavy (non-hydrogen) atoms. The second-order valence-corrected chi connectivity index (χ2v) is 7.02. The second-order valence-electron chi connectivity index (χ2n) is 7.02. The van der Waals surface area contributed by atoms with Crippen LogP contribution in [0.1, 0.15) is 46.5 Å². The molecule has 0 N–H and O–H groups in total.